The van der Waals surface area contributed by atoms with Gasteiger partial charge in [0.25, 0.3) is 0 Å². The van der Waals surface area contributed by atoms with E-state index in [1.165, 1.54) is 0 Å². The van der Waals surface area contributed by atoms with Gasteiger partial charge in [0.05, 0.1) is 5.69 Å². The van der Waals surface area contributed by atoms with Gasteiger partial charge in [0.15, 0.2) is 0 Å². The molecule has 0 aliphatic heterocycles. The molecule has 100 valence electrons. The van der Waals surface area contributed by atoms with E-state index in [9.17, 15) is 0 Å². The van der Waals surface area contributed by atoms with Gasteiger partial charge in [-0.1, -0.05) is 35.9 Å². The van der Waals surface area contributed by atoms with E-state index >= 15 is 0 Å². The van der Waals surface area contributed by atoms with Crippen molar-refractivity contribution >= 4 is 17.3 Å². The molecule has 0 aliphatic carbocycles. The highest BCUT2D eigenvalue weighted by atomic mass is 35.5. The van der Waals surface area contributed by atoms with Gasteiger partial charge in [0, 0.05) is 17.3 Å². The fraction of sp³-hybridized carbons (Fsp3) is 0.0714. The van der Waals surface area contributed by atoms with Gasteiger partial charge in [-0.15, -0.1) is 5.10 Å². The summed E-state index contributed by atoms with van der Waals surface area (Å²) in [4.78, 5) is 0. The topological polar surface area (TPSA) is 55.6 Å². The first-order valence-electron chi connectivity index (χ1n) is 6.13. The Morgan fingerprint density at radius 2 is 2.00 bits per heavy atom. The van der Waals surface area contributed by atoms with Gasteiger partial charge < -0.3 is 5.32 Å². The minimum atomic E-state index is 0.665. The van der Waals surface area contributed by atoms with Crippen LogP contribution in [0.5, 0.6) is 0 Å². The van der Waals surface area contributed by atoms with Crippen molar-refractivity contribution in [2.75, 3.05) is 5.32 Å². The van der Waals surface area contributed by atoms with Crippen molar-refractivity contribution in [1.82, 2.24) is 20.2 Å². The third kappa shape index (κ3) is 2.78. The maximum atomic E-state index is 6.13. The van der Waals surface area contributed by atoms with E-state index in [-0.39, 0.29) is 0 Å². The fourth-order valence-corrected chi connectivity index (χ4v) is 2.08. The molecule has 1 heterocycles. The first-order chi connectivity index (χ1) is 9.83. The van der Waals surface area contributed by atoms with E-state index in [1.807, 2.05) is 48.5 Å². The van der Waals surface area contributed by atoms with Crippen LogP contribution in [0.4, 0.5) is 5.69 Å². The molecular formula is C14H12ClN5. The van der Waals surface area contributed by atoms with Crippen LogP contribution in [0.2, 0.25) is 5.02 Å². The maximum absolute atomic E-state index is 6.13. The summed E-state index contributed by atoms with van der Waals surface area (Å²) in [5, 5.41) is 15.2. The van der Waals surface area contributed by atoms with Crippen LogP contribution in [0, 0.1) is 0 Å². The summed E-state index contributed by atoms with van der Waals surface area (Å²) >= 11 is 6.13. The molecule has 3 rings (SSSR count). The van der Waals surface area contributed by atoms with E-state index in [4.69, 9.17) is 11.6 Å². The van der Waals surface area contributed by atoms with Crippen LogP contribution in [0.15, 0.2) is 54.9 Å². The zero-order valence-corrected chi connectivity index (χ0v) is 11.3. The van der Waals surface area contributed by atoms with Crippen molar-refractivity contribution in [1.29, 1.82) is 0 Å². The second-order valence-electron chi connectivity index (χ2n) is 4.25. The van der Waals surface area contributed by atoms with Crippen LogP contribution < -0.4 is 5.32 Å². The summed E-state index contributed by atoms with van der Waals surface area (Å²) in [6.45, 7) is 0.665. The van der Waals surface area contributed by atoms with Gasteiger partial charge in [-0.05, 0) is 40.3 Å². The average Bonchev–Trinajstić information content (AvgIpc) is 3.01. The predicted molar refractivity (Wildman–Crippen MR) is 77.9 cm³/mol. The molecule has 0 fully saturated rings. The van der Waals surface area contributed by atoms with E-state index in [1.54, 1.807) is 11.0 Å². The molecule has 5 nitrogen and oxygen atoms in total. The number of nitrogens with zero attached hydrogens (tertiary/aromatic N) is 4. The highest BCUT2D eigenvalue weighted by Crippen LogP contribution is 2.18. The number of rotatable bonds is 4. The summed E-state index contributed by atoms with van der Waals surface area (Å²) in [6.07, 6.45) is 1.56. The third-order valence-corrected chi connectivity index (χ3v) is 3.27. The normalized spacial score (nSPS) is 10.4. The molecule has 0 radical (unpaired) electrons. The summed E-state index contributed by atoms with van der Waals surface area (Å²) in [5.74, 6) is 0. The number of tetrazole rings is 1. The zero-order chi connectivity index (χ0) is 13.8. The lowest BCUT2D eigenvalue weighted by Gasteiger charge is -2.09. The van der Waals surface area contributed by atoms with Crippen LogP contribution in [-0.4, -0.2) is 20.2 Å². The molecule has 0 saturated carbocycles. The Labute approximate surface area is 121 Å². The van der Waals surface area contributed by atoms with E-state index in [0.29, 0.717) is 6.54 Å². The van der Waals surface area contributed by atoms with Gasteiger partial charge in [-0.25, -0.2) is 4.68 Å². The van der Waals surface area contributed by atoms with Crippen molar-refractivity contribution < 1.29 is 0 Å². The molecule has 0 spiro atoms. The number of halogens is 1. The second-order valence-corrected chi connectivity index (χ2v) is 4.66. The van der Waals surface area contributed by atoms with E-state index in [0.717, 1.165) is 22.0 Å². The molecule has 3 aromatic rings. The molecule has 0 amide bonds. The fourth-order valence-electron chi connectivity index (χ4n) is 1.88. The Hall–Kier alpha value is -2.40. The summed E-state index contributed by atoms with van der Waals surface area (Å²) in [7, 11) is 0. The lowest BCUT2D eigenvalue weighted by atomic mass is 10.2. The second kappa shape index (κ2) is 5.71. The lowest BCUT2D eigenvalue weighted by Crippen LogP contribution is -2.01. The van der Waals surface area contributed by atoms with Crippen molar-refractivity contribution in [2.24, 2.45) is 0 Å². The van der Waals surface area contributed by atoms with Gasteiger partial charge in [-0.3, -0.25) is 0 Å². The van der Waals surface area contributed by atoms with E-state index < -0.39 is 0 Å². The number of hydrogen-bond donors (Lipinski definition) is 1. The Morgan fingerprint density at radius 1 is 1.10 bits per heavy atom. The van der Waals surface area contributed by atoms with Gasteiger partial charge in [-0.2, -0.15) is 0 Å². The quantitative estimate of drug-likeness (QED) is 0.801. The lowest BCUT2D eigenvalue weighted by molar-refractivity contribution is 0.789. The van der Waals surface area contributed by atoms with Gasteiger partial charge in [0.1, 0.15) is 6.33 Å². The molecule has 0 saturated heterocycles. The first kappa shape index (κ1) is 12.6. The highest BCUT2D eigenvalue weighted by Gasteiger charge is 2.01. The molecule has 2 aromatic carbocycles. The van der Waals surface area contributed by atoms with E-state index in [2.05, 4.69) is 20.8 Å². The van der Waals surface area contributed by atoms with Crippen LogP contribution in [0.3, 0.4) is 0 Å². The molecule has 0 aliphatic rings. The third-order valence-electron chi connectivity index (χ3n) is 2.90. The molecule has 1 aromatic heterocycles. The number of benzene rings is 2. The monoisotopic (exact) mass is 285 g/mol. The molecule has 1 N–H and O–H groups in total. The largest absolute Gasteiger partial charge is 0.381 e. The van der Waals surface area contributed by atoms with Crippen molar-refractivity contribution in [3.8, 4) is 5.69 Å². The minimum Gasteiger partial charge on any atom is -0.381 e. The smallest absolute Gasteiger partial charge is 0.143 e. The Bertz CT molecular complexity index is 696. The van der Waals surface area contributed by atoms with Crippen molar-refractivity contribution in [2.45, 2.75) is 6.54 Å². The number of nitrogens with one attached hydrogen (secondary N) is 1. The zero-order valence-electron chi connectivity index (χ0n) is 10.6. The summed E-state index contributed by atoms with van der Waals surface area (Å²) in [6, 6.07) is 15.6. The number of anilines is 1. The van der Waals surface area contributed by atoms with Crippen LogP contribution in [-0.2, 0) is 6.54 Å². The number of hydrogen-bond acceptors (Lipinski definition) is 4. The van der Waals surface area contributed by atoms with Crippen LogP contribution in [0.1, 0.15) is 5.56 Å². The first-order valence-corrected chi connectivity index (χ1v) is 6.51. The summed E-state index contributed by atoms with van der Waals surface area (Å²) in [5.41, 5.74) is 2.94. The van der Waals surface area contributed by atoms with Crippen LogP contribution in [0.25, 0.3) is 5.69 Å². The molecular weight excluding hydrogens is 274 g/mol. The minimum absolute atomic E-state index is 0.665. The van der Waals surface area contributed by atoms with Crippen LogP contribution >= 0.6 is 11.6 Å². The Balaban J connectivity index is 1.75. The SMILES string of the molecule is Clc1ccccc1CNc1cccc(-n2cnnn2)c1. The predicted octanol–water partition coefficient (Wildman–Crippen LogP) is 2.93. The molecule has 6 heteroatoms. The summed E-state index contributed by atoms with van der Waals surface area (Å²) < 4.78 is 1.61. The Morgan fingerprint density at radius 3 is 2.80 bits per heavy atom. The molecule has 0 atom stereocenters. The van der Waals surface area contributed by atoms with Gasteiger partial charge in [0.2, 0.25) is 0 Å². The highest BCUT2D eigenvalue weighted by molar-refractivity contribution is 6.31. The molecule has 0 bridgehead atoms. The Kier molecular flexibility index (Phi) is 3.60. The number of aromatic nitrogens is 4. The van der Waals surface area contributed by atoms with Crippen molar-refractivity contribution in [3.05, 3.63) is 65.4 Å². The average molecular weight is 286 g/mol. The maximum Gasteiger partial charge on any atom is 0.143 e. The molecule has 20 heavy (non-hydrogen) atoms. The van der Waals surface area contributed by atoms with Crippen molar-refractivity contribution in [3.63, 3.8) is 0 Å². The molecule has 0 unspecified atom stereocenters. The van der Waals surface area contributed by atoms with Gasteiger partial charge >= 0.3 is 0 Å². The standard InChI is InChI=1S/C14H12ClN5/c15-14-7-2-1-4-11(14)9-16-12-5-3-6-13(8-12)20-10-17-18-19-20/h1-8,10,16H,9H2.